The largest absolute Gasteiger partial charge is 0.324 e. The minimum absolute atomic E-state index is 0.212. The fourth-order valence-corrected chi connectivity index (χ4v) is 5.29. The van der Waals surface area contributed by atoms with E-state index in [1.54, 1.807) is 42.6 Å². The number of hydrogen-bond donors (Lipinski definition) is 1. The van der Waals surface area contributed by atoms with Crippen LogP contribution >= 0.6 is 0 Å². The Bertz CT molecular complexity index is 1090. The van der Waals surface area contributed by atoms with E-state index in [1.807, 2.05) is 24.3 Å². The van der Waals surface area contributed by atoms with E-state index in [-0.39, 0.29) is 10.8 Å². The first-order chi connectivity index (χ1) is 13.6. The number of hydrogen-bond acceptors (Lipinski definition) is 4. The Kier molecular flexibility index (Phi) is 5.11. The molecule has 0 unspecified atom stereocenters. The van der Waals surface area contributed by atoms with Crippen molar-refractivity contribution in [3.63, 3.8) is 0 Å². The number of carbonyl (C=O) groups is 1. The third-order valence-corrected chi connectivity index (χ3v) is 6.93. The number of nitrogens with zero attached hydrogens (tertiary/aromatic N) is 2. The molecule has 1 saturated heterocycles. The summed E-state index contributed by atoms with van der Waals surface area (Å²) in [5.74, 6) is -0.310. The summed E-state index contributed by atoms with van der Waals surface area (Å²) in [4.78, 5) is 17.6. The first-order valence-electron chi connectivity index (χ1n) is 9.29. The van der Waals surface area contributed by atoms with E-state index in [0.717, 1.165) is 23.7 Å². The summed E-state index contributed by atoms with van der Waals surface area (Å²) in [5.41, 5.74) is 1.41. The van der Waals surface area contributed by atoms with Crippen LogP contribution in [0, 0.1) is 0 Å². The van der Waals surface area contributed by atoms with Crippen molar-refractivity contribution in [3.05, 3.63) is 66.9 Å². The predicted molar refractivity (Wildman–Crippen MR) is 108 cm³/mol. The molecule has 7 heteroatoms. The molecule has 0 spiro atoms. The van der Waals surface area contributed by atoms with E-state index in [9.17, 15) is 13.2 Å². The van der Waals surface area contributed by atoms with Gasteiger partial charge < -0.3 is 5.32 Å². The molecule has 2 heterocycles. The zero-order valence-electron chi connectivity index (χ0n) is 15.3. The lowest BCUT2D eigenvalue weighted by Crippen LogP contribution is -2.49. The fourth-order valence-electron chi connectivity index (χ4n) is 3.61. The van der Waals surface area contributed by atoms with Gasteiger partial charge in [-0.1, -0.05) is 30.7 Å². The fraction of sp³-hybridized carbons (Fsp3) is 0.238. The van der Waals surface area contributed by atoms with Crippen molar-refractivity contribution in [1.82, 2.24) is 9.29 Å². The van der Waals surface area contributed by atoms with Gasteiger partial charge in [0.25, 0.3) is 0 Å². The van der Waals surface area contributed by atoms with Crippen LogP contribution in [0.15, 0.2) is 71.8 Å². The molecule has 3 aromatic rings. The summed E-state index contributed by atoms with van der Waals surface area (Å²) in [5, 5.41) is 3.75. The molecular weight excluding hydrogens is 374 g/mol. The van der Waals surface area contributed by atoms with E-state index in [0.29, 0.717) is 18.7 Å². The van der Waals surface area contributed by atoms with Gasteiger partial charge in [0.1, 0.15) is 6.04 Å². The van der Waals surface area contributed by atoms with Gasteiger partial charge in [-0.2, -0.15) is 4.31 Å². The molecule has 0 bridgehead atoms. The number of amides is 1. The number of fused-ring (bicyclic) bond motifs is 1. The highest BCUT2D eigenvalue weighted by atomic mass is 32.2. The van der Waals surface area contributed by atoms with Gasteiger partial charge in [-0.3, -0.25) is 9.78 Å². The number of benzene rings is 2. The van der Waals surface area contributed by atoms with Crippen LogP contribution in [0.25, 0.3) is 10.9 Å². The maximum atomic E-state index is 13.1. The van der Waals surface area contributed by atoms with Crippen LogP contribution in [0.4, 0.5) is 5.69 Å². The Labute approximate surface area is 164 Å². The van der Waals surface area contributed by atoms with Crippen LogP contribution in [0.3, 0.4) is 0 Å². The van der Waals surface area contributed by atoms with E-state index in [4.69, 9.17) is 0 Å². The normalized spacial score (nSPS) is 18.1. The summed E-state index contributed by atoms with van der Waals surface area (Å²) < 4.78 is 27.5. The van der Waals surface area contributed by atoms with Crippen molar-refractivity contribution in [2.45, 2.75) is 30.2 Å². The number of carbonyl (C=O) groups excluding carboxylic acids is 1. The van der Waals surface area contributed by atoms with Crippen molar-refractivity contribution in [2.75, 3.05) is 11.9 Å². The van der Waals surface area contributed by atoms with Gasteiger partial charge in [0, 0.05) is 18.1 Å². The SMILES string of the molecule is O=C(Nc1cccc2ncccc12)[C@@H]1CCCCN1S(=O)(=O)c1ccccc1. The van der Waals surface area contributed by atoms with Crippen LogP contribution in [0.5, 0.6) is 0 Å². The summed E-state index contributed by atoms with van der Waals surface area (Å²) in [6.45, 7) is 0.340. The van der Waals surface area contributed by atoms with E-state index < -0.39 is 16.1 Å². The highest BCUT2D eigenvalue weighted by Gasteiger charge is 2.37. The van der Waals surface area contributed by atoms with Gasteiger partial charge in [-0.25, -0.2) is 8.42 Å². The van der Waals surface area contributed by atoms with Crippen molar-refractivity contribution >= 4 is 32.5 Å². The van der Waals surface area contributed by atoms with Crippen LogP contribution in [0.2, 0.25) is 0 Å². The molecule has 2 aromatic carbocycles. The molecule has 1 N–H and O–H groups in total. The molecule has 144 valence electrons. The average molecular weight is 395 g/mol. The number of piperidine rings is 1. The average Bonchev–Trinajstić information content (AvgIpc) is 2.74. The Balaban J connectivity index is 1.63. The number of aromatic nitrogens is 1. The van der Waals surface area contributed by atoms with Crippen LogP contribution in [-0.2, 0) is 14.8 Å². The third kappa shape index (κ3) is 3.50. The molecule has 1 atom stereocenters. The van der Waals surface area contributed by atoms with E-state index in [2.05, 4.69) is 10.3 Å². The van der Waals surface area contributed by atoms with Gasteiger partial charge in [0.15, 0.2) is 0 Å². The van der Waals surface area contributed by atoms with Gasteiger partial charge >= 0.3 is 0 Å². The molecule has 0 saturated carbocycles. The molecule has 1 amide bonds. The molecule has 28 heavy (non-hydrogen) atoms. The van der Waals surface area contributed by atoms with Gasteiger partial charge in [-0.15, -0.1) is 0 Å². The zero-order chi connectivity index (χ0) is 19.6. The molecule has 6 nitrogen and oxygen atoms in total. The summed E-state index contributed by atoms with van der Waals surface area (Å²) in [7, 11) is -3.73. The molecule has 4 rings (SSSR count). The zero-order valence-corrected chi connectivity index (χ0v) is 16.1. The monoisotopic (exact) mass is 395 g/mol. The van der Waals surface area contributed by atoms with Crippen molar-refractivity contribution in [3.8, 4) is 0 Å². The quantitative estimate of drug-likeness (QED) is 0.734. The first kappa shape index (κ1) is 18.6. The smallest absolute Gasteiger partial charge is 0.243 e. The summed E-state index contributed by atoms with van der Waals surface area (Å²) in [6.07, 6.45) is 3.76. The third-order valence-electron chi connectivity index (χ3n) is 5.01. The summed E-state index contributed by atoms with van der Waals surface area (Å²) in [6, 6.07) is 16.7. The van der Waals surface area contributed by atoms with Crippen LogP contribution < -0.4 is 5.32 Å². The number of rotatable bonds is 4. The number of pyridine rings is 1. The topological polar surface area (TPSA) is 79.4 Å². The Hall–Kier alpha value is -2.77. The Morgan fingerprint density at radius 2 is 1.82 bits per heavy atom. The van der Waals surface area contributed by atoms with Crippen LogP contribution in [-0.4, -0.2) is 36.2 Å². The highest BCUT2D eigenvalue weighted by Crippen LogP contribution is 2.27. The molecule has 0 radical (unpaired) electrons. The molecule has 1 aliphatic rings. The molecular formula is C21H21N3O3S. The lowest BCUT2D eigenvalue weighted by Gasteiger charge is -2.33. The molecule has 0 aliphatic carbocycles. The summed E-state index contributed by atoms with van der Waals surface area (Å²) >= 11 is 0. The van der Waals surface area contributed by atoms with E-state index in [1.165, 1.54) is 4.31 Å². The maximum Gasteiger partial charge on any atom is 0.243 e. The van der Waals surface area contributed by atoms with Gasteiger partial charge in [0.2, 0.25) is 15.9 Å². The maximum absolute atomic E-state index is 13.1. The van der Waals surface area contributed by atoms with Gasteiger partial charge in [-0.05, 0) is 49.2 Å². The minimum Gasteiger partial charge on any atom is -0.324 e. The van der Waals surface area contributed by atoms with Gasteiger partial charge in [0.05, 0.1) is 16.1 Å². The van der Waals surface area contributed by atoms with Crippen molar-refractivity contribution in [2.24, 2.45) is 0 Å². The second-order valence-corrected chi connectivity index (χ2v) is 8.70. The lowest BCUT2D eigenvalue weighted by molar-refractivity contribution is -0.120. The van der Waals surface area contributed by atoms with Crippen molar-refractivity contribution < 1.29 is 13.2 Å². The Morgan fingerprint density at radius 3 is 2.64 bits per heavy atom. The minimum atomic E-state index is -3.73. The Morgan fingerprint density at radius 1 is 1.00 bits per heavy atom. The second kappa shape index (κ2) is 7.69. The number of sulfonamides is 1. The standard InChI is InChI=1S/C21H21N3O3S/c25-21(23-19-12-6-11-18-17(19)10-7-14-22-18)20-13-4-5-15-24(20)28(26,27)16-8-2-1-3-9-16/h1-3,6-12,14,20H,4-5,13,15H2,(H,23,25)/t20-/m0/s1. The number of nitrogens with one attached hydrogen (secondary N) is 1. The second-order valence-electron chi connectivity index (χ2n) is 6.81. The molecule has 1 fully saturated rings. The predicted octanol–water partition coefficient (Wildman–Crippen LogP) is 3.42. The highest BCUT2D eigenvalue weighted by molar-refractivity contribution is 7.89. The number of anilines is 1. The van der Waals surface area contributed by atoms with Crippen LogP contribution in [0.1, 0.15) is 19.3 Å². The molecule has 1 aromatic heterocycles. The van der Waals surface area contributed by atoms with E-state index >= 15 is 0 Å². The van der Waals surface area contributed by atoms with Crippen molar-refractivity contribution in [1.29, 1.82) is 0 Å². The lowest BCUT2D eigenvalue weighted by atomic mass is 10.0. The first-order valence-corrected chi connectivity index (χ1v) is 10.7. The molecule has 1 aliphatic heterocycles.